The third kappa shape index (κ3) is 17.9. The molecule has 1 aliphatic rings. The molecule has 1 aliphatic carbocycles. The van der Waals surface area contributed by atoms with Gasteiger partial charge in [0, 0.05) is 51.5 Å². The number of aliphatic carboxylic acids is 5. The summed E-state index contributed by atoms with van der Waals surface area (Å²) in [4.78, 5) is 107. The molecule has 0 heterocycles. The van der Waals surface area contributed by atoms with Crippen molar-refractivity contribution in [1.82, 2.24) is 25.3 Å². The summed E-state index contributed by atoms with van der Waals surface area (Å²) in [6.07, 6.45) is 1.28. The standard InChI is InChI=1S/C39H54N5O15P/c45-32(14-15-33(60(57,58)59)44(18-16-42(22-34(46)47)23-35(48)49)19-17-43(24-36(50)51)25-37(52)53)40-21-27-8-12-30(13-9-27)38(54)41-31(39(55)56)20-26-6-10-29(11-7-26)28-4-2-1-3-5-28/h1-7,10-11,27,30-31,33H,8-9,12-25H2,(H,40,45)(H,41,54)(H,46,47)(H,48,49)(H,50,51)(H,52,53)(H,55,56)(H2,57,58,59)/t27?,30?,31-,33?/m0/s1. The van der Waals surface area contributed by atoms with Crippen LogP contribution in [-0.2, 0) is 44.5 Å². The zero-order valence-corrected chi connectivity index (χ0v) is 33.9. The predicted octanol–water partition coefficient (Wildman–Crippen LogP) is 0.917. The fourth-order valence-corrected chi connectivity index (χ4v) is 8.25. The van der Waals surface area contributed by atoms with E-state index in [1.165, 1.54) is 4.90 Å². The maximum absolute atomic E-state index is 13.1. The van der Waals surface area contributed by atoms with E-state index in [1.807, 2.05) is 54.6 Å². The van der Waals surface area contributed by atoms with E-state index < -0.39 is 93.7 Å². The fraction of sp³-hybridized carbons (Fsp3) is 0.513. The molecule has 0 spiro atoms. The molecular weight excluding hydrogens is 809 g/mol. The molecule has 2 amide bonds. The first-order chi connectivity index (χ1) is 28.3. The first kappa shape index (κ1) is 49.1. The van der Waals surface area contributed by atoms with Gasteiger partial charge in [-0.1, -0.05) is 54.6 Å². The molecule has 21 heteroatoms. The Kier molecular flexibility index (Phi) is 19.8. The van der Waals surface area contributed by atoms with E-state index in [9.17, 15) is 73.4 Å². The minimum absolute atomic E-state index is 0.0330. The van der Waals surface area contributed by atoms with Crippen molar-refractivity contribution in [2.24, 2.45) is 11.8 Å². The molecule has 2 aromatic carbocycles. The fourth-order valence-electron chi connectivity index (χ4n) is 7.13. The SMILES string of the molecule is O=C(O)CN(CCN(CCN(CC(=O)O)CC(=O)O)C(CCC(=O)NCC1CCC(C(=O)N[C@@H](Cc2ccc(-c3ccccc3)cc2)C(=O)O)CC1)P(=O)(O)O)CC(=O)O. The monoisotopic (exact) mass is 863 g/mol. The van der Waals surface area contributed by atoms with Crippen molar-refractivity contribution in [2.45, 2.75) is 56.8 Å². The highest BCUT2D eigenvalue weighted by molar-refractivity contribution is 7.52. The van der Waals surface area contributed by atoms with Crippen LogP contribution in [0.15, 0.2) is 54.6 Å². The summed E-state index contributed by atoms with van der Waals surface area (Å²) >= 11 is 0. The minimum atomic E-state index is -5.06. The maximum atomic E-state index is 13.1. The van der Waals surface area contributed by atoms with Crippen LogP contribution in [0.2, 0.25) is 0 Å². The summed E-state index contributed by atoms with van der Waals surface area (Å²) in [6, 6.07) is 16.0. The van der Waals surface area contributed by atoms with Gasteiger partial charge in [-0.15, -0.1) is 0 Å². The summed E-state index contributed by atoms with van der Waals surface area (Å²) < 4.78 is 12.8. The Morgan fingerprint density at radius 1 is 0.667 bits per heavy atom. The van der Waals surface area contributed by atoms with Gasteiger partial charge in [0.05, 0.1) is 26.2 Å². The number of carbonyl (C=O) groups is 7. The molecule has 0 aliphatic heterocycles. The molecule has 9 N–H and O–H groups in total. The quantitative estimate of drug-likeness (QED) is 0.0564. The number of rotatable bonds is 27. The molecule has 1 saturated carbocycles. The van der Waals surface area contributed by atoms with Gasteiger partial charge in [-0.25, -0.2) is 4.79 Å². The Labute approximate surface area is 346 Å². The van der Waals surface area contributed by atoms with E-state index in [0.717, 1.165) is 26.5 Å². The van der Waals surface area contributed by atoms with Gasteiger partial charge in [0.25, 0.3) is 0 Å². The zero-order chi connectivity index (χ0) is 44.4. The third-order valence-electron chi connectivity index (χ3n) is 10.2. The van der Waals surface area contributed by atoms with E-state index in [1.54, 1.807) is 0 Å². The molecule has 2 atom stereocenters. The average Bonchev–Trinajstić information content (AvgIpc) is 3.16. The molecule has 3 rings (SSSR count). The Morgan fingerprint density at radius 3 is 1.60 bits per heavy atom. The summed E-state index contributed by atoms with van der Waals surface area (Å²) in [5.41, 5.74) is 2.74. The summed E-state index contributed by atoms with van der Waals surface area (Å²) in [7, 11) is -5.06. The maximum Gasteiger partial charge on any atom is 0.342 e. The number of hydrogen-bond donors (Lipinski definition) is 9. The van der Waals surface area contributed by atoms with Gasteiger partial charge in [0.2, 0.25) is 11.8 Å². The van der Waals surface area contributed by atoms with Gasteiger partial charge in [-0.05, 0) is 54.7 Å². The van der Waals surface area contributed by atoms with E-state index in [4.69, 9.17) is 0 Å². The molecule has 1 fully saturated rings. The van der Waals surface area contributed by atoms with Crippen molar-refractivity contribution in [3.63, 3.8) is 0 Å². The van der Waals surface area contributed by atoms with Gasteiger partial charge >= 0.3 is 37.4 Å². The van der Waals surface area contributed by atoms with Gasteiger partial charge in [-0.3, -0.25) is 48.0 Å². The Bertz CT molecular complexity index is 1750. The Morgan fingerprint density at radius 2 is 1.15 bits per heavy atom. The molecule has 0 saturated heterocycles. The van der Waals surface area contributed by atoms with E-state index in [0.29, 0.717) is 25.7 Å². The van der Waals surface area contributed by atoms with Crippen molar-refractivity contribution >= 4 is 49.3 Å². The average molecular weight is 864 g/mol. The van der Waals surface area contributed by atoms with E-state index >= 15 is 0 Å². The number of carboxylic acid groups (broad SMARTS) is 5. The molecular formula is C39H54N5O15P. The molecule has 0 aromatic heterocycles. The van der Waals surface area contributed by atoms with Gasteiger partial charge in [-0.2, -0.15) is 0 Å². The van der Waals surface area contributed by atoms with Crippen molar-refractivity contribution < 1.29 is 73.4 Å². The Balaban J connectivity index is 1.56. The molecule has 1 unspecified atom stereocenters. The van der Waals surface area contributed by atoms with Gasteiger partial charge < -0.3 is 46.0 Å². The highest BCUT2D eigenvalue weighted by Crippen LogP contribution is 2.45. The number of nitrogens with one attached hydrogen (secondary N) is 2. The van der Waals surface area contributed by atoms with Crippen molar-refractivity contribution in [1.29, 1.82) is 0 Å². The highest BCUT2D eigenvalue weighted by Gasteiger charge is 2.36. The third-order valence-corrected chi connectivity index (χ3v) is 11.6. The van der Waals surface area contributed by atoms with Crippen LogP contribution in [0.3, 0.4) is 0 Å². The van der Waals surface area contributed by atoms with Crippen LogP contribution < -0.4 is 10.6 Å². The van der Waals surface area contributed by atoms with E-state index in [-0.39, 0.29) is 57.4 Å². The first-order valence-electron chi connectivity index (χ1n) is 19.4. The molecule has 0 bridgehead atoms. The van der Waals surface area contributed by atoms with E-state index in [2.05, 4.69) is 10.6 Å². The number of carboxylic acids is 5. The molecule has 20 nitrogen and oxygen atoms in total. The van der Waals surface area contributed by atoms with Crippen molar-refractivity contribution in [2.75, 3.05) is 58.9 Å². The lowest BCUT2D eigenvalue weighted by molar-refractivity contribution is -0.143. The summed E-state index contributed by atoms with van der Waals surface area (Å²) in [5, 5.41) is 52.2. The minimum Gasteiger partial charge on any atom is -0.480 e. The number of amides is 2. The van der Waals surface area contributed by atoms with Crippen LogP contribution >= 0.6 is 7.60 Å². The Hall–Kier alpha value is -5.24. The number of nitrogens with zero attached hydrogens (tertiary/aromatic N) is 3. The van der Waals surface area contributed by atoms with Crippen LogP contribution in [0.4, 0.5) is 0 Å². The van der Waals surface area contributed by atoms with Gasteiger partial charge in [0.1, 0.15) is 11.8 Å². The van der Waals surface area contributed by atoms with Crippen LogP contribution in [0.25, 0.3) is 11.1 Å². The second-order valence-electron chi connectivity index (χ2n) is 14.8. The zero-order valence-electron chi connectivity index (χ0n) is 33.0. The largest absolute Gasteiger partial charge is 0.480 e. The first-order valence-corrected chi connectivity index (χ1v) is 21.0. The van der Waals surface area contributed by atoms with Gasteiger partial charge in [0.15, 0.2) is 0 Å². The lowest BCUT2D eigenvalue weighted by Gasteiger charge is -2.34. The smallest absolute Gasteiger partial charge is 0.342 e. The summed E-state index contributed by atoms with van der Waals surface area (Å²) in [6.45, 7) is -3.91. The normalized spacial score (nSPS) is 16.6. The highest BCUT2D eigenvalue weighted by atomic mass is 31.2. The number of carbonyl (C=O) groups excluding carboxylic acids is 2. The molecule has 2 aromatic rings. The molecule has 0 radical (unpaired) electrons. The molecule has 330 valence electrons. The van der Waals surface area contributed by atoms with Crippen LogP contribution in [0.1, 0.15) is 44.1 Å². The predicted molar refractivity (Wildman–Crippen MR) is 214 cm³/mol. The lowest BCUT2D eigenvalue weighted by Crippen LogP contribution is -2.47. The molecule has 60 heavy (non-hydrogen) atoms. The number of benzene rings is 2. The lowest BCUT2D eigenvalue weighted by atomic mass is 9.81. The van der Waals surface area contributed by atoms with Crippen LogP contribution in [0.5, 0.6) is 0 Å². The van der Waals surface area contributed by atoms with Crippen LogP contribution in [-0.4, -0.2) is 162 Å². The summed E-state index contributed by atoms with van der Waals surface area (Å²) in [5.74, 6) is -9.65. The second kappa shape index (κ2) is 24.1. The van der Waals surface area contributed by atoms with Crippen molar-refractivity contribution in [3.05, 3.63) is 60.2 Å². The second-order valence-corrected chi connectivity index (χ2v) is 16.6. The van der Waals surface area contributed by atoms with Crippen molar-refractivity contribution in [3.8, 4) is 11.1 Å². The number of hydrogen-bond acceptors (Lipinski definition) is 11. The topological polar surface area (TPSA) is 312 Å². The van der Waals surface area contributed by atoms with Crippen LogP contribution in [0, 0.1) is 11.8 Å².